The highest BCUT2D eigenvalue weighted by molar-refractivity contribution is 5.99. The third-order valence-corrected chi connectivity index (χ3v) is 6.11. The zero-order valence-corrected chi connectivity index (χ0v) is 18.5. The van der Waals surface area contributed by atoms with Gasteiger partial charge in [0.05, 0.1) is 16.8 Å². The van der Waals surface area contributed by atoms with Crippen molar-refractivity contribution in [2.45, 2.75) is 64.6 Å². The van der Waals surface area contributed by atoms with Crippen molar-refractivity contribution in [2.24, 2.45) is 11.5 Å². The van der Waals surface area contributed by atoms with Gasteiger partial charge in [0.2, 0.25) is 0 Å². The first-order valence-electron chi connectivity index (χ1n) is 11.2. The summed E-state index contributed by atoms with van der Waals surface area (Å²) >= 11 is 0. The van der Waals surface area contributed by atoms with Gasteiger partial charge in [-0.15, -0.1) is 0 Å². The lowest BCUT2D eigenvalue weighted by molar-refractivity contribution is 0.100. The molecule has 4 rings (SSSR count). The van der Waals surface area contributed by atoms with Gasteiger partial charge in [-0.05, 0) is 50.5 Å². The summed E-state index contributed by atoms with van der Waals surface area (Å²) in [6, 6.07) is 6.81. The van der Waals surface area contributed by atoms with E-state index in [1.807, 2.05) is 29.8 Å². The number of halogens is 1. The molecule has 0 saturated heterocycles. The predicted molar refractivity (Wildman–Crippen MR) is 125 cm³/mol. The maximum atomic E-state index is 14.7. The lowest BCUT2D eigenvalue weighted by Gasteiger charge is -2.30. The number of nitrogens with zero attached hydrogens (tertiary/aromatic N) is 3. The predicted octanol–water partition coefficient (Wildman–Crippen LogP) is 3.68. The van der Waals surface area contributed by atoms with E-state index in [-0.39, 0.29) is 29.3 Å². The number of hydrogen-bond acceptors (Lipinski definition) is 6. The Kier molecular flexibility index (Phi) is 6.27. The summed E-state index contributed by atoms with van der Waals surface area (Å²) < 4.78 is 16.7. The number of hydrogen-bond donors (Lipinski definition) is 4. The van der Waals surface area contributed by atoms with Crippen molar-refractivity contribution in [1.29, 1.82) is 0 Å². The molecule has 2 atom stereocenters. The number of anilines is 3. The van der Waals surface area contributed by atoms with E-state index in [0.717, 1.165) is 61.3 Å². The van der Waals surface area contributed by atoms with E-state index in [9.17, 15) is 9.18 Å². The summed E-state index contributed by atoms with van der Waals surface area (Å²) in [6.07, 6.45) is 4.63. The molecular formula is C23H30FN7O. The van der Waals surface area contributed by atoms with Crippen LogP contribution in [0.4, 0.5) is 21.7 Å². The number of carbonyl (C=O) groups is 1. The van der Waals surface area contributed by atoms with Gasteiger partial charge in [-0.3, -0.25) is 9.48 Å². The number of amides is 1. The number of carbonyl (C=O) groups excluding carboxylic acids is 1. The number of aryl methyl sites for hydroxylation is 2. The number of primary amides is 1. The Hall–Kier alpha value is -3.20. The monoisotopic (exact) mass is 439 g/mol. The van der Waals surface area contributed by atoms with Crippen molar-refractivity contribution in [3.8, 4) is 0 Å². The largest absolute Gasteiger partial charge is 0.365 e. The molecule has 32 heavy (non-hydrogen) atoms. The first-order valence-corrected chi connectivity index (χ1v) is 11.2. The average Bonchev–Trinajstić information content (AvgIpc) is 3.14. The molecule has 170 valence electrons. The first-order chi connectivity index (χ1) is 15.4. The van der Waals surface area contributed by atoms with Crippen LogP contribution in [-0.4, -0.2) is 32.8 Å². The Morgan fingerprint density at radius 3 is 2.69 bits per heavy atom. The van der Waals surface area contributed by atoms with Crippen molar-refractivity contribution in [3.05, 3.63) is 41.3 Å². The summed E-state index contributed by atoms with van der Waals surface area (Å²) in [4.78, 5) is 16.4. The Morgan fingerprint density at radius 1 is 1.22 bits per heavy atom. The van der Waals surface area contributed by atoms with Gasteiger partial charge in [0.1, 0.15) is 5.82 Å². The summed E-state index contributed by atoms with van der Waals surface area (Å²) in [5, 5.41) is 12.0. The molecule has 0 radical (unpaired) electrons. The fraction of sp³-hybridized carbons (Fsp3) is 0.435. The minimum absolute atomic E-state index is 0.0129. The maximum absolute atomic E-state index is 14.7. The van der Waals surface area contributed by atoms with Crippen LogP contribution in [-0.2, 0) is 13.0 Å². The summed E-state index contributed by atoms with van der Waals surface area (Å²) in [5.41, 5.74) is 14.4. The van der Waals surface area contributed by atoms with Crippen LogP contribution >= 0.6 is 0 Å². The second-order valence-electron chi connectivity index (χ2n) is 8.25. The Balaban J connectivity index is 1.69. The number of rotatable bonds is 7. The van der Waals surface area contributed by atoms with Crippen LogP contribution in [0, 0.1) is 5.82 Å². The normalized spacial score (nSPS) is 18.6. The van der Waals surface area contributed by atoms with Gasteiger partial charge < -0.3 is 22.1 Å². The smallest absolute Gasteiger partial charge is 0.252 e. The molecule has 1 aliphatic rings. The number of benzene rings is 1. The molecule has 1 saturated carbocycles. The number of nitrogens with two attached hydrogens (primary N) is 2. The first kappa shape index (κ1) is 22.0. The molecule has 1 aliphatic carbocycles. The van der Waals surface area contributed by atoms with Gasteiger partial charge in [0.15, 0.2) is 11.6 Å². The highest BCUT2D eigenvalue weighted by Crippen LogP contribution is 2.29. The van der Waals surface area contributed by atoms with Crippen LogP contribution < -0.4 is 22.1 Å². The Morgan fingerprint density at radius 2 is 2.00 bits per heavy atom. The van der Waals surface area contributed by atoms with Crippen LogP contribution in [0.2, 0.25) is 0 Å². The molecule has 0 aliphatic heterocycles. The SMILES string of the molecule is CCc1nn(CC)c2ccc(Nc3nc(N[C@@H]4CCCC[C@@H]4N)c(F)cc3C(N)=O)cc12. The zero-order valence-electron chi connectivity index (χ0n) is 18.5. The summed E-state index contributed by atoms with van der Waals surface area (Å²) in [7, 11) is 0. The second kappa shape index (κ2) is 9.12. The molecule has 2 aromatic heterocycles. The fourth-order valence-corrected chi connectivity index (χ4v) is 4.35. The van der Waals surface area contributed by atoms with Crippen LogP contribution in [0.15, 0.2) is 24.3 Å². The molecule has 1 amide bonds. The average molecular weight is 440 g/mol. The van der Waals surface area contributed by atoms with Gasteiger partial charge in [0, 0.05) is 29.7 Å². The molecule has 0 spiro atoms. The number of aromatic nitrogens is 3. The van der Waals surface area contributed by atoms with E-state index < -0.39 is 11.7 Å². The van der Waals surface area contributed by atoms with Crippen molar-refractivity contribution in [3.63, 3.8) is 0 Å². The van der Waals surface area contributed by atoms with Gasteiger partial charge >= 0.3 is 0 Å². The minimum Gasteiger partial charge on any atom is -0.365 e. The van der Waals surface area contributed by atoms with Crippen molar-refractivity contribution in [1.82, 2.24) is 14.8 Å². The lowest BCUT2D eigenvalue weighted by atomic mass is 9.91. The number of fused-ring (bicyclic) bond motifs is 1. The van der Waals surface area contributed by atoms with Gasteiger partial charge in [0.25, 0.3) is 5.91 Å². The van der Waals surface area contributed by atoms with Crippen LogP contribution in [0.1, 0.15) is 55.6 Å². The molecule has 8 nitrogen and oxygen atoms in total. The molecular weight excluding hydrogens is 409 g/mol. The van der Waals surface area contributed by atoms with E-state index in [2.05, 4.69) is 27.6 Å². The van der Waals surface area contributed by atoms with Gasteiger partial charge in [-0.25, -0.2) is 9.37 Å². The Bertz CT molecular complexity index is 1140. The van der Waals surface area contributed by atoms with Gasteiger partial charge in [-0.1, -0.05) is 19.8 Å². The van der Waals surface area contributed by atoms with Crippen molar-refractivity contribution < 1.29 is 9.18 Å². The highest BCUT2D eigenvalue weighted by Gasteiger charge is 2.24. The standard InChI is InChI=1S/C23H30FN7O/c1-3-18-14-11-13(9-10-20(14)31(4-2)30-18)27-22-15(21(26)32)12-16(24)23(29-22)28-19-8-6-5-7-17(19)25/h9-12,17,19H,3-8,25H2,1-2H3,(H2,26,32)(H2,27,28,29)/t17-,19+/m0/s1. The molecule has 3 aromatic rings. The fourth-order valence-electron chi connectivity index (χ4n) is 4.35. The molecule has 0 unspecified atom stereocenters. The second-order valence-corrected chi connectivity index (χ2v) is 8.25. The molecule has 2 heterocycles. The quantitative estimate of drug-likeness (QED) is 0.445. The lowest BCUT2D eigenvalue weighted by Crippen LogP contribution is -2.43. The third-order valence-electron chi connectivity index (χ3n) is 6.11. The molecule has 1 aromatic carbocycles. The Labute approximate surface area is 186 Å². The van der Waals surface area contributed by atoms with Crippen LogP contribution in [0.5, 0.6) is 0 Å². The number of pyridine rings is 1. The van der Waals surface area contributed by atoms with Crippen LogP contribution in [0.25, 0.3) is 10.9 Å². The zero-order chi connectivity index (χ0) is 22.8. The maximum Gasteiger partial charge on any atom is 0.252 e. The molecule has 6 N–H and O–H groups in total. The van der Waals surface area contributed by atoms with E-state index in [1.54, 1.807) is 0 Å². The summed E-state index contributed by atoms with van der Waals surface area (Å²) in [6.45, 7) is 4.88. The van der Waals surface area contributed by atoms with E-state index in [0.29, 0.717) is 5.69 Å². The van der Waals surface area contributed by atoms with Crippen molar-refractivity contribution in [2.75, 3.05) is 10.6 Å². The van der Waals surface area contributed by atoms with Gasteiger partial charge in [-0.2, -0.15) is 5.10 Å². The molecule has 1 fully saturated rings. The minimum atomic E-state index is -0.756. The van der Waals surface area contributed by atoms with E-state index in [4.69, 9.17) is 11.5 Å². The van der Waals surface area contributed by atoms with Crippen LogP contribution in [0.3, 0.4) is 0 Å². The number of nitrogens with one attached hydrogen (secondary N) is 2. The molecule has 0 bridgehead atoms. The summed E-state index contributed by atoms with van der Waals surface area (Å²) in [5.74, 6) is -1.12. The van der Waals surface area contributed by atoms with E-state index in [1.165, 1.54) is 0 Å². The highest BCUT2D eigenvalue weighted by atomic mass is 19.1. The third kappa shape index (κ3) is 4.25. The van der Waals surface area contributed by atoms with E-state index >= 15 is 0 Å². The van der Waals surface area contributed by atoms with Crippen molar-refractivity contribution >= 4 is 34.1 Å². The topological polar surface area (TPSA) is 124 Å². The molecule has 9 heteroatoms.